The van der Waals surface area contributed by atoms with Crippen molar-refractivity contribution in [3.63, 3.8) is 0 Å². The Bertz CT molecular complexity index is 597. The lowest BCUT2D eigenvalue weighted by atomic mass is 10.1. The van der Waals surface area contributed by atoms with Crippen LogP contribution in [0.2, 0.25) is 5.02 Å². The van der Waals surface area contributed by atoms with Gasteiger partial charge in [-0.1, -0.05) is 11.6 Å². The van der Waals surface area contributed by atoms with Gasteiger partial charge in [-0.05, 0) is 31.0 Å². The smallest absolute Gasteiger partial charge is 0.131 e. The fourth-order valence-electron chi connectivity index (χ4n) is 2.14. The molecule has 0 amide bonds. The third-order valence-electron chi connectivity index (χ3n) is 3.25. The number of hydrogen-bond acceptors (Lipinski definition) is 2. The van der Waals surface area contributed by atoms with E-state index in [0.717, 1.165) is 18.7 Å². The number of anilines is 1. The first-order valence-electron chi connectivity index (χ1n) is 5.85. The molecule has 0 unspecified atom stereocenters. The molecule has 1 aliphatic carbocycles. The molecular formula is C13H13ClFN3. The summed E-state index contributed by atoms with van der Waals surface area (Å²) in [6.45, 7) is 0. The normalized spacial score (nSPS) is 15.1. The van der Waals surface area contributed by atoms with Gasteiger partial charge in [-0.3, -0.25) is 0 Å². The summed E-state index contributed by atoms with van der Waals surface area (Å²) in [5.41, 5.74) is 7.27. The van der Waals surface area contributed by atoms with E-state index in [1.165, 1.54) is 12.1 Å². The van der Waals surface area contributed by atoms with E-state index >= 15 is 0 Å². The topological polar surface area (TPSA) is 43.8 Å². The number of halogens is 2. The van der Waals surface area contributed by atoms with E-state index in [4.69, 9.17) is 17.3 Å². The molecule has 1 fully saturated rings. The summed E-state index contributed by atoms with van der Waals surface area (Å²) in [4.78, 5) is 4.54. The van der Waals surface area contributed by atoms with Crippen LogP contribution in [0.25, 0.3) is 11.3 Å². The summed E-state index contributed by atoms with van der Waals surface area (Å²) in [5.74, 6) is 1.65. The number of nitrogens with zero attached hydrogens (tertiary/aromatic N) is 2. The fourth-order valence-corrected chi connectivity index (χ4v) is 2.36. The Hall–Kier alpha value is -1.55. The highest BCUT2D eigenvalue weighted by atomic mass is 35.5. The number of hydrogen-bond donors (Lipinski definition) is 1. The molecule has 1 aliphatic rings. The summed E-state index contributed by atoms with van der Waals surface area (Å²) in [7, 11) is 1.89. The van der Waals surface area contributed by atoms with Gasteiger partial charge < -0.3 is 10.3 Å². The highest BCUT2D eigenvalue weighted by Crippen LogP contribution is 2.41. The molecule has 5 heteroatoms. The van der Waals surface area contributed by atoms with Crippen LogP contribution in [0.5, 0.6) is 0 Å². The maximum atomic E-state index is 13.4. The van der Waals surface area contributed by atoms with Crippen LogP contribution in [0.4, 0.5) is 10.2 Å². The largest absolute Gasteiger partial charge is 0.383 e. The van der Waals surface area contributed by atoms with Gasteiger partial charge in [0.25, 0.3) is 0 Å². The first-order valence-corrected chi connectivity index (χ1v) is 6.22. The van der Waals surface area contributed by atoms with Gasteiger partial charge in [-0.25, -0.2) is 9.37 Å². The second-order valence-corrected chi connectivity index (χ2v) is 5.13. The van der Waals surface area contributed by atoms with Gasteiger partial charge in [0.1, 0.15) is 23.2 Å². The number of aromatic nitrogens is 2. The van der Waals surface area contributed by atoms with Gasteiger partial charge >= 0.3 is 0 Å². The quantitative estimate of drug-likeness (QED) is 0.905. The van der Waals surface area contributed by atoms with Crippen molar-refractivity contribution >= 4 is 17.4 Å². The zero-order valence-corrected chi connectivity index (χ0v) is 10.7. The molecule has 1 aromatic heterocycles. The molecule has 3 rings (SSSR count). The van der Waals surface area contributed by atoms with Gasteiger partial charge in [0.15, 0.2) is 0 Å². The van der Waals surface area contributed by atoms with Crippen molar-refractivity contribution in [1.82, 2.24) is 9.55 Å². The van der Waals surface area contributed by atoms with Gasteiger partial charge in [0.2, 0.25) is 0 Å². The van der Waals surface area contributed by atoms with Crippen LogP contribution < -0.4 is 5.73 Å². The molecule has 1 saturated carbocycles. The molecular weight excluding hydrogens is 253 g/mol. The molecule has 2 aromatic rings. The first kappa shape index (κ1) is 11.5. The fraction of sp³-hybridized carbons (Fsp3) is 0.308. The predicted octanol–water partition coefficient (Wildman–Crippen LogP) is 3.34. The number of nitrogen functional groups attached to an aromatic ring is 1. The number of rotatable bonds is 2. The van der Waals surface area contributed by atoms with Crippen molar-refractivity contribution in [2.45, 2.75) is 18.8 Å². The summed E-state index contributed by atoms with van der Waals surface area (Å²) in [6.07, 6.45) is 2.29. The molecule has 0 spiro atoms. The summed E-state index contributed by atoms with van der Waals surface area (Å²) in [5, 5.41) is 0.350. The van der Waals surface area contributed by atoms with Crippen molar-refractivity contribution < 1.29 is 4.39 Å². The highest BCUT2D eigenvalue weighted by molar-refractivity contribution is 6.30. The molecule has 0 aliphatic heterocycles. The summed E-state index contributed by atoms with van der Waals surface area (Å²) < 4.78 is 15.2. The minimum absolute atomic E-state index is 0.350. The standard InChI is InChI=1S/C13H13ClFN3/c1-18-12(16)11(17-13(18)7-2-3-7)8-4-9(14)6-10(15)5-8/h4-7H,2-3,16H2,1H3. The lowest BCUT2D eigenvalue weighted by Crippen LogP contribution is -2.00. The average Bonchev–Trinajstić information content (AvgIpc) is 3.07. The van der Waals surface area contributed by atoms with E-state index in [9.17, 15) is 4.39 Å². The van der Waals surface area contributed by atoms with Crippen LogP contribution in [-0.4, -0.2) is 9.55 Å². The summed E-state index contributed by atoms with van der Waals surface area (Å²) >= 11 is 5.86. The van der Waals surface area contributed by atoms with Crippen molar-refractivity contribution in [1.29, 1.82) is 0 Å². The highest BCUT2D eigenvalue weighted by Gasteiger charge is 2.30. The Morgan fingerprint density at radius 2 is 2.11 bits per heavy atom. The zero-order chi connectivity index (χ0) is 12.9. The second-order valence-electron chi connectivity index (χ2n) is 4.70. The monoisotopic (exact) mass is 265 g/mol. The average molecular weight is 266 g/mol. The molecule has 0 radical (unpaired) electrons. The maximum Gasteiger partial charge on any atom is 0.131 e. The number of nitrogens with two attached hydrogens (primary N) is 1. The van der Waals surface area contributed by atoms with Crippen LogP contribution >= 0.6 is 11.6 Å². The molecule has 1 heterocycles. The Labute approximate surface area is 109 Å². The third kappa shape index (κ3) is 1.86. The molecule has 0 saturated heterocycles. The molecule has 0 bridgehead atoms. The molecule has 94 valence electrons. The van der Waals surface area contributed by atoms with Crippen LogP contribution in [0, 0.1) is 5.82 Å². The van der Waals surface area contributed by atoms with E-state index in [1.54, 1.807) is 6.07 Å². The van der Waals surface area contributed by atoms with Crippen LogP contribution in [0.3, 0.4) is 0 Å². The molecule has 2 N–H and O–H groups in total. The van der Waals surface area contributed by atoms with Gasteiger partial charge in [0.05, 0.1) is 0 Å². The van der Waals surface area contributed by atoms with Gasteiger partial charge in [-0.2, -0.15) is 0 Å². The van der Waals surface area contributed by atoms with E-state index < -0.39 is 0 Å². The molecule has 1 aromatic carbocycles. The number of benzene rings is 1. The van der Waals surface area contributed by atoms with Crippen LogP contribution in [0.1, 0.15) is 24.6 Å². The molecule has 18 heavy (non-hydrogen) atoms. The van der Waals surface area contributed by atoms with Gasteiger partial charge in [-0.15, -0.1) is 0 Å². The lowest BCUT2D eigenvalue weighted by molar-refractivity contribution is 0.628. The van der Waals surface area contributed by atoms with Crippen molar-refractivity contribution in [2.24, 2.45) is 7.05 Å². The Kier molecular flexibility index (Phi) is 2.55. The summed E-state index contributed by atoms with van der Waals surface area (Å²) in [6, 6.07) is 4.35. The second kappa shape index (κ2) is 3.99. The first-order chi connectivity index (χ1) is 8.56. The maximum absolute atomic E-state index is 13.4. The van der Waals surface area contributed by atoms with E-state index in [-0.39, 0.29) is 5.82 Å². The van der Waals surface area contributed by atoms with Crippen molar-refractivity contribution in [3.05, 3.63) is 34.9 Å². The van der Waals surface area contributed by atoms with Crippen LogP contribution in [0.15, 0.2) is 18.2 Å². The van der Waals surface area contributed by atoms with Crippen molar-refractivity contribution in [3.8, 4) is 11.3 Å². The minimum Gasteiger partial charge on any atom is -0.383 e. The lowest BCUT2D eigenvalue weighted by Gasteiger charge is -2.02. The van der Waals surface area contributed by atoms with Crippen molar-refractivity contribution in [2.75, 3.05) is 5.73 Å². The Balaban J connectivity index is 2.13. The Morgan fingerprint density at radius 3 is 2.72 bits per heavy atom. The van der Waals surface area contributed by atoms with E-state index in [1.807, 2.05) is 11.6 Å². The molecule has 0 atom stereocenters. The van der Waals surface area contributed by atoms with E-state index in [2.05, 4.69) is 4.98 Å². The number of imidazole rings is 1. The van der Waals surface area contributed by atoms with Crippen LogP contribution in [-0.2, 0) is 7.05 Å². The zero-order valence-electron chi connectivity index (χ0n) is 9.95. The molecule has 3 nitrogen and oxygen atoms in total. The predicted molar refractivity (Wildman–Crippen MR) is 70.0 cm³/mol. The Morgan fingerprint density at radius 1 is 1.39 bits per heavy atom. The van der Waals surface area contributed by atoms with Gasteiger partial charge in [0, 0.05) is 23.6 Å². The van der Waals surface area contributed by atoms with E-state index in [0.29, 0.717) is 28.0 Å². The minimum atomic E-state index is -0.379. The SMILES string of the molecule is Cn1c(C2CC2)nc(-c2cc(F)cc(Cl)c2)c1N. The third-order valence-corrected chi connectivity index (χ3v) is 3.47.